The van der Waals surface area contributed by atoms with Crippen LogP contribution in [0.5, 0.6) is 0 Å². The van der Waals surface area contributed by atoms with Crippen molar-refractivity contribution < 1.29 is 4.79 Å². The molecule has 5 nitrogen and oxygen atoms in total. The fraction of sp³-hybridized carbons (Fsp3) is 0.308. The van der Waals surface area contributed by atoms with Gasteiger partial charge in [-0.3, -0.25) is 14.5 Å². The molecule has 2 heterocycles. The van der Waals surface area contributed by atoms with Gasteiger partial charge in [-0.2, -0.15) is 5.10 Å². The highest BCUT2D eigenvalue weighted by Gasteiger charge is 2.11. The molecular weight excluding hydrogens is 228 g/mol. The molecule has 0 aliphatic heterocycles. The second-order valence-corrected chi connectivity index (χ2v) is 4.17. The molecule has 1 N–H and O–H groups in total. The second-order valence-electron chi connectivity index (χ2n) is 4.17. The van der Waals surface area contributed by atoms with Gasteiger partial charge in [-0.15, -0.1) is 0 Å². The molecule has 5 heteroatoms. The first-order chi connectivity index (χ1) is 8.59. The Morgan fingerprint density at radius 2 is 2.17 bits per heavy atom. The minimum Gasteiger partial charge on any atom is -0.346 e. The lowest BCUT2D eigenvalue weighted by Crippen LogP contribution is -2.24. The lowest BCUT2D eigenvalue weighted by atomic mass is 10.2. The number of aryl methyl sites for hydroxylation is 2. The number of carbonyl (C=O) groups excluding carboxylic acids is 1. The summed E-state index contributed by atoms with van der Waals surface area (Å²) in [5, 5.41) is 7.17. The predicted molar refractivity (Wildman–Crippen MR) is 68.1 cm³/mol. The Labute approximate surface area is 106 Å². The molecule has 2 aromatic heterocycles. The maximum Gasteiger partial charge on any atom is 0.270 e. The third-order valence-corrected chi connectivity index (χ3v) is 2.98. The van der Waals surface area contributed by atoms with Crippen molar-refractivity contribution in [2.45, 2.75) is 20.4 Å². The topological polar surface area (TPSA) is 59.8 Å². The summed E-state index contributed by atoms with van der Waals surface area (Å²) in [6.45, 7) is 4.40. The van der Waals surface area contributed by atoms with Crippen molar-refractivity contribution in [1.82, 2.24) is 20.1 Å². The van der Waals surface area contributed by atoms with E-state index in [0.29, 0.717) is 12.2 Å². The van der Waals surface area contributed by atoms with Crippen molar-refractivity contribution in [2.75, 3.05) is 0 Å². The SMILES string of the molecule is Cc1nn(C)c(C)c1CNC(=O)c1ccccn1. The zero-order valence-corrected chi connectivity index (χ0v) is 10.8. The van der Waals surface area contributed by atoms with Crippen molar-refractivity contribution in [3.05, 3.63) is 47.0 Å². The number of aromatic nitrogens is 3. The molecule has 94 valence electrons. The third-order valence-electron chi connectivity index (χ3n) is 2.98. The maximum atomic E-state index is 11.8. The fourth-order valence-corrected chi connectivity index (χ4v) is 1.83. The van der Waals surface area contributed by atoms with Crippen LogP contribution in [0.3, 0.4) is 0 Å². The van der Waals surface area contributed by atoms with E-state index in [4.69, 9.17) is 0 Å². The van der Waals surface area contributed by atoms with Gasteiger partial charge in [0.25, 0.3) is 5.91 Å². The molecule has 0 aliphatic carbocycles. The number of amides is 1. The molecule has 0 spiro atoms. The first-order valence-electron chi connectivity index (χ1n) is 5.78. The highest BCUT2D eigenvalue weighted by Crippen LogP contribution is 2.11. The van der Waals surface area contributed by atoms with Crippen LogP contribution in [0.15, 0.2) is 24.4 Å². The average molecular weight is 244 g/mol. The minimum absolute atomic E-state index is 0.168. The standard InChI is InChI=1S/C13H16N4O/c1-9-11(10(2)17(3)16-9)8-15-13(18)12-6-4-5-7-14-12/h4-7H,8H2,1-3H3,(H,15,18). The quantitative estimate of drug-likeness (QED) is 0.887. The molecule has 0 atom stereocenters. The van der Waals surface area contributed by atoms with Crippen LogP contribution in [0.25, 0.3) is 0 Å². The number of rotatable bonds is 3. The van der Waals surface area contributed by atoms with E-state index in [2.05, 4.69) is 15.4 Å². The molecule has 2 rings (SSSR count). The van der Waals surface area contributed by atoms with Crippen LogP contribution in [0, 0.1) is 13.8 Å². The molecule has 0 aliphatic rings. The number of hydrogen-bond donors (Lipinski definition) is 1. The molecule has 2 aromatic rings. The Bertz CT molecular complexity index is 560. The minimum atomic E-state index is -0.168. The zero-order chi connectivity index (χ0) is 13.1. The smallest absolute Gasteiger partial charge is 0.270 e. The van der Waals surface area contributed by atoms with Gasteiger partial charge in [0.05, 0.1) is 5.69 Å². The van der Waals surface area contributed by atoms with Crippen LogP contribution in [0.1, 0.15) is 27.4 Å². The summed E-state index contributed by atoms with van der Waals surface area (Å²) in [5.74, 6) is -0.168. The van der Waals surface area contributed by atoms with E-state index in [1.165, 1.54) is 0 Å². The van der Waals surface area contributed by atoms with Gasteiger partial charge >= 0.3 is 0 Å². The molecule has 18 heavy (non-hydrogen) atoms. The van der Waals surface area contributed by atoms with E-state index in [-0.39, 0.29) is 5.91 Å². The number of pyridine rings is 1. The van der Waals surface area contributed by atoms with E-state index in [9.17, 15) is 4.79 Å². The van der Waals surface area contributed by atoms with Crippen LogP contribution in [-0.2, 0) is 13.6 Å². The summed E-state index contributed by atoms with van der Waals surface area (Å²) < 4.78 is 1.82. The Balaban J connectivity index is 2.06. The van der Waals surface area contributed by atoms with Gasteiger partial charge < -0.3 is 5.32 Å². The third kappa shape index (κ3) is 2.40. The summed E-state index contributed by atoms with van der Waals surface area (Å²) in [6, 6.07) is 5.27. The highest BCUT2D eigenvalue weighted by atomic mass is 16.1. The van der Waals surface area contributed by atoms with Crippen LogP contribution < -0.4 is 5.32 Å². The number of carbonyl (C=O) groups is 1. The van der Waals surface area contributed by atoms with Crippen LogP contribution in [-0.4, -0.2) is 20.7 Å². The van der Waals surface area contributed by atoms with Gasteiger partial charge in [-0.1, -0.05) is 6.07 Å². The molecule has 0 aromatic carbocycles. The summed E-state index contributed by atoms with van der Waals surface area (Å²) in [4.78, 5) is 15.9. The number of hydrogen-bond acceptors (Lipinski definition) is 3. The van der Waals surface area contributed by atoms with Gasteiger partial charge in [-0.25, -0.2) is 0 Å². The zero-order valence-electron chi connectivity index (χ0n) is 10.8. The highest BCUT2D eigenvalue weighted by molar-refractivity contribution is 5.92. The Hall–Kier alpha value is -2.17. The molecule has 1 amide bonds. The first kappa shape index (κ1) is 12.3. The largest absolute Gasteiger partial charge is 0.346 e. The van der Waals surface area contributed by atoms with Gasteiger partial charge in [0.2, 0.25) is 0 Å². The van der Waals surface area contributed by atoms with Gasteiger partial charge in [0.15, 0.2) is 0 Å². The van der Waals surface area contributed by atoms with Crippen molar-refractivity contribution in [1.29, 1.82) is 0 Å². The van der Waals surface area contributed by atoms with Crippen molar-refractivity contribution in [3.8, 4) is 0 Å². The summed E-state index contributed by atoms with van der Waals surface area (Å²) >= 11 is 0. The van der Waals surface area contributed by atoms with Gasteiger partial charge in [-0.05, 0) is 26.0 Å². The summed E-state index contributed by atoms with van der Waals surface area (Å²) in [5.41, 5.74) is 3.49. The number of nitrogens with one attached hydrogen (secondary N) is 1. The average Bonchev–Trinajstić information content (AvgIpc) is 2.62. The normalized spacial score (nSPS) is 10.4. The van der Waals surface area contributed by atoms with Crippen LogP contribution >= 0.6 is 0 Å². The maximum absolute atomic E-state index is 11.8. The monoisotopic (exact) mass is 244 g/mol. The Kier molecular flexibility index (Phi) is 3.41. The molecule has 0 unspecified atom stereocenters. The fourth-order valence-electron chi connectivity index (χ4n) is 1.83. The molecule has 0 saturated heterocycles. The summed E-state index contributed by atoms with van der Waals surface area (Å²) in [7, 11) is 1.90. The molecule has 0 fully saturated rings. The first-order valence-corrected chi connectivity index (χ1v) is 5.78. The Morgan fingerprint density at radius 1 is 1.39 bits per heavy atom. The lowest BCUT2D eigenvalue weighted by Gasteiger charge is -2.05. The predicted octanol–water partition coefficient (Wildman–Crippen LogP) is 1.36. The van der Waals surface area contributed by atoms with Crippen molar-refractivity contribution >= 4 is 5.91 Å². The number of nitrogens with zero attached hydrogens (tertiary/aromatic N) is 3. The van der Waals surface area contributed by atoms with Crippen molar-refractivity contribution in [2.24, 2.45) is 7.05 Å². The van der Waals surface area contributed by atoms with Crippen molar-refractivity contribution in [3.63, 3.8) is 0 Å². The van der Waals surface area contributed by atoms with Gasteiger partial charge in [0.1, 0.15) is 5.69 Å². The van der Waals surface area contributed by atoms with E-state index in [0.717, 1.165) is 17.0 Å². The van der Waals surface area contributed by atoms with E-state index < -0.39 is 0 Å². The van der Waals surface area contributed by atoms with E-state index in [1.54, 1.807) is 24.4 Å². The van der Waals surface area contributed by atoms with Crippen LogP contribution in [0.2, 0.25) is 0 Å². The molecule has 0 radical (unpaired) electrons. The molecule has 0 bridgehead atoms. The molecule has 0 saturated carbocycles. The lowest BCUT2D eigenvalue weighted by molar-refractivity contribution is 0.0946. The Morgan fingerprint density at radius 3 is 2.72 bits per heavy atom. The van der Waals surface area contributed by atoms with Gasteiger partial charge in [0, 0.05) is 31.0 Å². The summed E-state index contributed by atoms with van der Waals surface area (Å²) in [6.07, 6.45) is 1.61. The van der Waals surface area contributed by atoms with E-state index >= 15 is 0 Å². The molecular formula is C13H16N4O. The van der Waals surface area contributed by atoms with E-state index in [1.807, 2.05) is 25.6 Å². The van der Waals surface area contributed by atoms with Crippen LogP contribution in [0.4, 0.5) is 0 Å². The second kappa shape index (κ2) is 5.00.